The van der Waals surface area contributed by atoms with Crippen molar-refractivity contribution in [2.75, 3.05) is 17.3 Å². The largest absolute Gasteiger partial charge is 0.348 e. The van der Waals surface area contributed by atoms with E-state index in [0.29, 0.717) is 24.2 Å². The first-order valence-corrected chi connectivity index (χ1v) is 7.47. The van der Waals surface area contributed by atoms with E-state index in [1.165, 1.54) is 0 Å². The molecule has 6 heteroatoms. The Hall–Kier alpha value is -1.53. The lowest BCUT2D eigenvalue weighted by Gasteiger charge is -2.12. The van der Waals surface area contributed by atoms with E-state index in [-0.39, 0.29) is 11.8 Å². The van der Waals surface area contributed by atoms with E-state index in [0.717, 1.165) is 11.3 Å². The number of rotatable bonds is 5. The Morgan fingerprint density at radius 1 is 1.58 bits per heavy atom. The van der Waals surface area contributed by atoms with Gasteiger partial charge in [-0.05, 0) is 36.1 Å². The van der Waals surface area contributed by atoms with Crippen LogP contribution in [0.1, 0.15) is 22.3 Å². The topological polar surface area (TPSA) is 84.2 Å². The van der Waals surface area contributed by atoms with Gasteiger partial charge in [0.05, 0.1) is 6.04 Å². The molecule has 0 saturated carbocycles. The first-order valence-electron chi connectivity index (χ1n) is 6.08. The van der Waals surface area contributed by atoms with Crippen molar-refractivity contribution in [1.82, 2.24) is 5.32 Å². The van der Waals surface area contributed by atoms with E-state index >= 15 is 0 Å². The van der Waals surface area contributed by atoms with Crippen LogP contribution in [0.4, 0.5) is 5.69 Å². The third-order valence-corrected chi connectivity index (χ3v) is 3.68. The number of nitrogens with two attached hydrogens (primary N) is 1. The van der Waals surface area contributed by atoms with Gasteiger partial charge in [-0.25, -0.2) is 0 Å². The van der Waals surface area contributed by atoms with E-state index in [4.69, 9.17) is 5.73 Å². The number of nitrogens with one attached hydrogen (secondary N) is 2. The molecule has 19 heavy (non-hydrogen) atoms. The fourth-order valence-electron chi connectivity index (χ4n) is 1.90. The monoisotopic (exact) mass is 279 g/mol. The van der Waals surface area contributed by atoms with Gasteiger partial charge in [0.1, 0.15) is 0 Å². The molecule has 1 aromatic carbocycles. The normalized spacial score (nSPS) is 14.7. The molecule has 1 atom stereocenters. The number of anilines is 1. The van der Waals surface area contributed by atoms with Gasteiger partial charge in [0.15, 0.2) is 0 Å². The third kappa shape index (κ3) is 3.27. The molecule has 0 bridgehead atoms. The lowest BCUT2D eigenvalue weighted by Crippen LogP contribution is -2.36. The molecular formula is C13H17N3O2S. The summed E-state index contributed by atoms with van der Waals surface area (Å²) in [7, 11) is 0. The van der Waals surface area contributed by atoms with Crippen molar-refractivity contribution in [3.8, 4) is 0 Å². The summed E-state index contributed by atoms with van der Waals surface area (Å²) in [5.74, 6) is 0.534. The predicted octanol–water partition coefficient (Wildman–Crippen LogP) is 0.949. The van der Waals surface area contributed by atoms with Crippen molar-refractivity contribution in [3.05, 3.63) is 29.3 Å². The highest BCUT2D eigenvalue weighted by Crippen LogP contribution is 2.20. The SMILES string of the molecule is CSCC[C@H](N)C(=O)Nc1ccc2c(c1)C(=O)NC2. The van der Waals surface area contributed by atoms with Crippen LogP contribution in [0.25, 0.3) is 0 Å². The van der Waals surface area contributed by atoms with E-state index in [2.05, 4.69) is 10.6 Å². The summed E-state index contributed by atoms with van der Waals surface area (Å²) in [6.07, 6.45) is 2.61. The van der Waals surface area contributed by atoms with E-state index in [9.17, 15) is 9.59 Å². The van der Waals surface area contributed by atoms with Crippen LogP contribution in [0.2, 0.25) is 0 Å². The molecule has 0 spiro atoms. The number of thioether (sulfide) groups is 1. The smallest absolute Gasteiger partial charge is 0.251 e. The number of hydrogen-bond acceptors (Lipinski definition) is 4. The maximum atomic E-state index is 11.9. The molecule has 0 aromatic heterocycles. The molecule has 5 nitrogen and oxygen atoms in total. The number of fused-ring (bicyclic) bond motifs is 1. The summed E-state index contributed by atoms with van der Waals surface area (Å²) >= 11 is 1.66. The Morgan fingerprint density at radius 3 is 3.11 bits per heavy atom. The second-order valence-electron chi connectivity index (χ2n) is 4.43. The summed E-state index contributed by atoms with van der Waals surface area (Å²) in [6, 6.07) is 4.81. The van der Waals surface area contributed by atoms with Crippen molar-refractivity contribution in [1.29, 1.82) is 0 Å². The van der Waals surface area contributed by atoms with Gasteiger partial charge in [-0.15, -0.1) is 0 Å². The molecule has 0 unspecified atom stereocenters. The van der Waals surface area contributed by atoms with Crippen LogP contribution < -0.4 is 16.4 Å². The standard InChI is InChI=1S/C13H17N3O2S/c1-19-5-4-11(14)13(18)16-9-3-2-8-7-15-12(17)10(8)6-9/h2-3,6,11H,4-5,7,14H2,1H3,(H,15,17)(H,16,18)/t11-/m0/s1. The first-order chi connectivity index (χ1) is 9.11. The highest BCUT2D eigenvalue weighted by Gasteiger charge is 2.20. The summed E-state index contributed by atoms with van der Waals surface area (Å²) in [5.41, 5.74) is 7.97. The number of carbonyl (C=O) groups is 2. The van der Waals surface area contributed by atoms with Gasteiger partial charge in [-0.2, -0.15) is 11.8 Å². The molecule has 2 rings (SSSR count). The first kappa shape index (κ1) is 13.9. The van der Waals surface area contributed by atoms with Gasteiger partial charge in [0, 0.05) is 17.8 Å². The Bertz CT molecular complexity index is 505. The highest BCUT2D eigenvalue weighted by molar-refractivity contribution is 7.98. The lowest BCUT2D eigenvalue weighted by atomic mass is 10.1. The molecule has 0 saturated heterocycles. The van der Waals surface area contributed by atoms with Gasteiger partial charge < -0.3 is 16.4 Å². The quantitative estimate of drug-likeness (QED) is 0.749. The van der Waals surface area contributed by atoms with Crippen molar-refractivity contribution in [3.63, 3.8) is 0 Å². The maximum absolute atomic E-state index is 11.9. The van der Waals surface area contributed by atoms with Gasteiger partial charge in [0.25, 0.3) is 5.91 Å². The molecule has 2 amide bonds. The second kappa shape index (κ2) is 6.08. The number of amides is 2. The van der Waals surface area contributed by atoms with E-state index < -0.39 is 6.04 Å². The zero-order valence-electron chi connectivity index (χ0n) is 10.7. The Morgan fingerprint density at radius 2 is 2.37 bits per heavy atom. The van der Waals surface area contributed by atoms with Crippen LogP contribution in [-0.2, 0) is 11.3 Å². The maximum Gasteiger partial charge on any atom is 0.251 e. The van der Waals surface area contributed by atoms with Gasteiger partial charge in [0.2, 0.25) is 5.91 Å². The van der Waals surface area contributed by atoms with Gasteiger partial charge in [-0.1, -0.05) is 6.07 Å². The molecule has 0 radical (unpaired) electrons. The fourth-order valence-corrected chi connectivity index (χ4v) is 2.39. The highest BCUT2D eigenvalue weighted by atomic mass is 32.2. The number of hydrogen-bond donors (Lipinski definition) is 3. The predicted molar refractivity (Wildman–Crippen MR) is 77.2 cm³/mol. The molecule has 1 aromatic rings. The minimum Gasteiger partial charge on any atom is -0.348 e. The fraction of sp³-hybridized carbons (Fsp3) is 0.385. The molecule has 1 aliphatic heterocycles. The minimum atomic E-state index is -0.519. The lowest BCUT2D eigenvalue weighted by molar-refractivity contribution is -0.117. The van der Waals surface area contributed by atoms with Gasteiger partial charge in [-0.3, -0.25) is 9.59 Å². The van der Waals surface area contributed by atoms with Crippen LogP contribution in [0, 0.1) is 0 Å². The van der Waals surface area contributed by atoms with Crippen molar-refractivity contribution in [2.45, 2.75) is 19.0 Å². The summed E-state index contributed by atoms with van der Waals surface area (Å²) in [5, 5.41) is 5.48. The van der Waals surface area contributed by atoms with Crippen molar-refractivity contribution in [2.24, 2.45) is 5.73 Å². The second-order valence-corrected chi connectivity index (χ2v) is 5.42. The van der Waals surface area contributed by atoms with Crippen LogP contribution in [0.3, 0.4) is 0 Å². The molecule has 1 aliphatic rings. The van der Waals surface area contributed by atoms with Crippen molar-refractivity contribution >= 4 is 29.3 Å². The molecule has 102 valence electrons. The zero-order valence-corrected chi connectivity index (χ0v) is 11.5. The Kier molecular flexibility index (Phi) is 4.44. The molecule has 1 heterocycles. The average molecular weight is 279 g/mol. The van der Waals surface area contributed by atoms with Crippen LogP contribution >= 0.6 is 11.8 Å². The van der Waals surface area contributed by atoms with E-state index in [1.54, 1.807) is 23.9 Å². The molecule has 0 aliphatic carbocycles. The van der Waals surface area contributed by atoms with E-state index in [1.807, 2.05) is 12.3 Å². The Labute approximate surface area is 116 Å². The number of benzene rings is 1. The third-order valence-electron chi connectivity index (χ3n) is 3.03. The molecule has 0 fully saturated rings. The number of carbonyl (C=O) groups excluding carboxylic acids is 2. The molecular weight excluding hydrogens is 262 g/mol. The zero-order chi connectivity index (χ0) is 13.8. The van der Waals surface area contributed by atoms with Crippen molar-refractivity contribution < 1.29 is 9.59 Å². The van der Waals surface area contributed by atoms with Crippen LogP contribution in [0.5, 0.6) is 0 Å². The summed E-state index contributed by atoms with van der Waals surface area (Å²) in [4.78, 5) is 23.4. The summed E-state index contributed by atoms with van der Waals surface area (Å²) < 4.78 is 0. The van der Waals surface area contributed by atoms with Crippen LogP contribution in [-0.4, -0.2) is 29.9 Å². The average Bonchev–Trinajstić information content (AvgIpc) is 2.77. The summed E-state index contributed by atoms with van der Waals surface area (Å²) in [6.45, 7) is 0.551. The minimum absolute atomic E-state index is 0.0993. The Balaban J connectivity index is 2.02. The van der Waals surface area contributed by atoms with Gasteiger partial charge >= 0.3 is 0 Å². The van der Waals surface area contributed by atoms with Crippen LogP contribution in [0.15, 0.2) is 18.2 Å². The molecule has 4 N–H and O–H groups in total.